The average Bonchev–Trinajstić information content (AvgIpc) is 3.18. The number of nitro benzene ring substituents is 1. The number of thiazole rings is 1. The zero-order chi connectivity index (χ0) is 22.3. The molecule has 3 aromatic rings. The number of aryl methyl sites for hydroxylation is 2. The van der Waals surface area contributed by atoms with Crippen molar-refractivity contribution in [2.75, 3.05) is 5.32 Å². The predicted octanol–water partition coefficient (Wildman–Crippen LogP) is 4.58. The molecule has 0 radical (unpaired) electrons. The van der Waals surface area contributed by atoms with Crippen LogP contribution in [0.5, 0.6) is 0 Å². The molecule has 2 aliphatic rings. The second-order valence-electron chi connectivity index (χ2n) is 9.33. The molecule has 1 amide bonds. The first-order valence-electron chi connectivity index (χ1n) is 10.2. The normalized spacial score (nSPS) is 25.6. The van der Waals surface area contributed by atoms with Crippen LogP contribution in [0.15, 0.2) is 18.2 Å². The molecular formula is C22H23N5O3S. The van der Waals surface area contributed by atoms with Crippen LogP contribution in [0.2, 0.25) is 0 Å². The van der Waals surface area contributed by atoms with Crippen LogP contribution in [0.4, 0.5) is 10.8 Å². The third kappa shape index (κ3) is 2.35. The molecule has 2 aromatic heterocycles. The average molecular weight is 438 g/mol. The summed E-state index contributed by atoms with van der Waals surface area (Å²) in [5, 5.41) is 14.9. The van der Waals surface area contributed by atoms with Crippen molar-refractivity contribution in [3.8, 4) is 0 Å². The molecule has 8 nitrogen and oxygen atoms in total. The molecule has 2 heterocycles. The number of carbonyl (C=O) groups is 1. The number of aromatic nitrogens is 3. The van der Waals surface area contributed by atoms with Gasteiger partial charge in [-0.1, -0.05) is 20.8 Å². The number of benzene rings is 1. The molecule has 2 unspecified atom stereocenters. The van der Waals surface area contributed by atoms with Gasteiger partial charge in [0.2, 0.25) is 5.91 Å². The first kappa shape index (κ1) is 20.0. The Morgan fingerprint density at radius 1 is 1.10 bits per heavy atom. The molecule has 2 bridgehead atoms. The van der Waals surface area contributed by atoms with E-state index in [2.05, 4.69) is 31.1 Å². The van der Waals surface area contributed by atoms with E-state index in [1.807, 2.05) is 13.8 Å². The minimum Gasteiger partial charge on any atom is -0.301 e. The third-order valence-electron chi connectivity index (χ3n) is 7.87. The molecule has 1 N–H and O–H groups in total. The van der Waals surface area contributed by atoms with Crippen molar-refractivity contribution >= 4 is 39.1 Å². The minimum atomic E-state index is -0.879. The molecule has 1 aromatic carbocycles. The van der Waals surface area contributed by atoms with Crippen LogP contribution < -0.4 is 5.32 Å². The zero-order valence-electron chi connectivity index (χ0n) is 18.1. The monoisotopic (exact) mass is 437 g/mol. The van der Waals surface area contributed by atoms with Crippen molar-refractivity contribution in [1.82, 2.24) is 15.0 Å². The molecule has 0 aliphatic heterocycles. The maximum Gasteiger partial charge on any atom is 0.271 e. The summed E-state index contributed by atoms with van der Waals surface area (Å²) in [7, 11) is 0. The quantitative estimate of drug-likeness (QED) is 0.474. The molecule has 1 fully saturated rings. The van der Waals surface area contributed by atoms with E-state index < -0.39 is 15.8 Å². The summed E-state index contributed by atoms with van der Waals surface area (Å²) in [6.45, 7) is 10.3. The Balaban J connectivity index is 1.70. The summed E-state index contributed by atoms with van der Waals surface area (Å²) in [6.07, 6.45) is 1.47. The number of hydrogen-bond donors (Lipinski definition) is 1. The van der Waals surface area contributed by atoms with Crippen molar-refractivity contribution in [2.45, 2.75) is 58.3 Å². The lowest BCUT2D eigenvalue weighted by molar-refractivity contribution is -0.384. The summed E-state index contributed by atoms with van der Waals surface area (Å²) >= 11 is 1.46. The lowest BCUT2D eigenvalue weighted by atomic mass is 9.63. The van der Waals surface area contributed by atoms with Gasteiger partial charge in [-0.2, -0.15) is 0 Å². The lowest BCUT2D eigenvalue weighted by Crippen LogP contribution is -2.48. The van der Waals surface area contributed by atoms with Gasteiger partial charge in [0.05, 0.1) is 38.5 Å². The van der Waals surface area contributed by atoms with E-state index in [0.717, 1.165) is 22.7 Å². The van der Waals surface area contributed by atoms with Crippen molar-refractivity contribution in [3.05, 3.63) is 50.3 Å². The van der Waals surface area contributed by atoms with E-state index in [-0.39, 0.29) is 17.0 Å². The first-order valence-corrected chi connectivity index (χ1v) is 11.1. The van der Waals surface area contributed by atoms with E-state index in [9.17, 15) is 14.9 Å². The Morgan fingerprint density at radius 3 is 2.45 bits per heavy atom. The predicted molar refractivity (Wildman–Crippen MR) is 118 cm³/mol. The molecule has 0 spiro atoms. The van der Waals surface area contributed by atoms with E-state index in [0.29, 0.717) is 28.3 Å². The van der Waals surface area contributed by atoms with E-state index in [4.69, 9.17) is 9.97 Å². The van der Waals surface area contributed by atoms with Gasteiger partial charge >= 0.3 is 0 Å². The smallest absolute Gasteiger partial charge is 0.271 e. The van der Waals surface area contributed by atoms with Gasteiger partial charge in [0.25, 0.3) is 5.69 Å². The van der Waals surface area contributed by atoms with Crippen LogP contribution in [0, 0.1) is 29.4 Å². The van der Waals surface area contributed by atoms with Crippen molar-refractivity contribution in [2.24, 2.45) is 5.41 Å². The van der Waals surface area contributed by atoms with Crippen LogP contribution in [0.3, 0.4) is 0 Å². The van der Waals surface area contributed by atoms with Gasteiger partial charge in [-0.25, -0.2) is 15.0 Å². The van der Waals surface area contributed by atoms with Crippen molar-refractivity contribution in [1.29, 1.82) is 0 Å². The number of carbonyl (C=O) groups excluding carboxylic acids is 1. The topological polar surface area (TPSA) is 111 Å². The van der Waals surface area contributed by atoms with Gasteiger partial charge in [-0.05, 0) is 38.2 Å². The Bertz CT molecular complexity index is 1280. The highest BCUT2D eigenvalue weighted by Gasteiger charge is 2.73. The van der Waals surface area contributed by atoms with Gasteiger partial charge in [0.1, 0.15) is 0 Å². The van der Waals surface area contributed by atoms with Crippen LogP contribution >= 0.6 is 11.3 Å². The molecule has 2 atom stereocenters. The largest absolute Gasteiger partial charge is 0.301 e. The Kier molecular flexibility index (Phi) is 3.91. The molecular weight excluding hydrogens is 414 g/mol. The molecule has 160 valence electrons. The fraction of sp³-hybridized carbons (Fsp3) is 0.455. The molecule has 31 heavy (non-hydrogen) atoms. The van der Waals surface area contributed by atoms with E-state index in [1.165, 1.54) is 23.5 Å². The maximum atomic E-state index is 13.8. The van der Waals surface area contributed by atoms with Crippen LogP contribution in [-0.4, -0.2) is 25.8 Å². The van der Waals surface area contributed by atoms with Gasteiger partial charge in [-0.3, -0.25) is 14.9 Å². The first-order chi connectivity index (χ1) is 14.5. The number of rotatable bonds is 3. The summed E-state index contributed by atoms with van der Waals surface area (Å²) in [5.74, 6) is -0.132. The number of anilines is 1. The fourth-order valence-electron chi connectivity index (χ4n) is 5.44. The second-order valence-corrected chi connectivity index (χ2v) is 10.5. The number of amides is 1. The maximum absolute atomic E-state index is 13.8. The number of nitrogens with one attached hydrogen (secondary N) is 1. The Hall–Kier alpha value is -2.94. The SMILES string of the molecule is Cc1nc(NC(=O)C23CCC(C)(c4nc5ccc([N+](=O)[O-])cc5nc42)C3(C)C)sc1C. The Labute approximate surface area is 183 Å². The van der Waals surface area contributed by atoms with Gasteiger partial charge in [0.15, 0.2) is 5.13 Å². The van der Waals surface area contributed by atoms with Crippen molar-refractivity contribution < 1.29 is 9.72 Å². The minimum absolute atomic E-state index is 0.0392. The number of fused-ring (bicyclic) bond motifs is 6. The molecule has 0 saturated heterocycles. The fourth-order valence-corrected chi connectivity index (χ4v) is 6.25. The molecule has 2 aliphatic carbocycles. The number of nitrogens with zero attached hydrogens (tertiary/aromatic N) is 4. The summed E-state index contributed by atoms with van der Waals surface area (Å²) < 4.78 is 0. The number of nitro groups is 1. The summed E-state index contributed by atoms with van der Waals surface area (Å²) in [4.78, 5) is 39.9. The third-order valence-corrected chi connectivity index (χ3v) is 8.86. The highest BCUT2D eigenvalue weighted by molar-refractivity contribution is 7.15. The van der Waals surface area contributed by atoms with Gasteiger partial charge in [-0.15, -0.1) is 11.3 Å². The van der Waals surface area contributed by atoms with E-state index in [1.54, 1.807) is 6.07 Å². The van der Waals surface area contributed by atoms with Gasteiger partial charge < -0.3 is 5.32 Å². The Morgan fingerprint density at radius 2 is 1.81 bits per heavy atom. The number of non-ortho nitro benzene ring substituents is 1. The second kappa shape index (κ2) is 6.06. The van der Waals surface area contributed by atoms with Crippen LogP contribution in [0.25, 0.3) is 11.0 Å². The zero-order valence-corrected chi connectivity index (χ0v) is 18.9. The summed E-state index contributed by atoms with van der Waals surface area (Å²) in [5.41, 5.74) is 1.74. The lowest BCUT2D eigenvalue weighted by Gasteiger charge is -2.39. The number of hydrogen-bond acceptors (Lipinski definition) is 7. The highest BCUT2D eigenvalue weighted by Crippen LogP contribution is 2.70. The standard InChI is InChI=1S/C22H23N5O3S/c1-11-12(2)31-19(23-11)26-18(28)22-9-8-21(5,20(22,3)4)16-17(22)25-15-10-13(27(29)30)6-7-14(15)24-16/h6-7,10H,8-9H2,1-5H3,(H,23,26,28). The van der Waals surface area contributed by atoms with E-state index >= 15 is 0 Å². The van der Waals surface area contributed by atoms with Crippen molar-refractivity contribution in [3.63, 3.8) is 0 Å². The molecule has 9 heteroatoms. The van der Waals surface area contributed by atoms with Gasteiger partial charge in [0, 0.05) is 22.4 Å². The van der Waals surface area contributed by atoms with Crippen LogP contribution in [-0.2, 0) is 15.6 Å². The molecule has 1 saturated carbocycles. The summed E-state index contributed by atoms with van der Waals surface area (Å²) in [6, 6.07) is 4.51. The molecule has 5 rings (SSSR count). The van der Waals surface area contributed by atoms with Crippen LogP contribution in [0.1, 0.15) is 55.6 Å². The highest BCUT2D eigenvalue weighted by atomic mass is 32.1.